The van der Waals surface area contributed by atoms with Crippen molar-refractivity contribution in [2.24, 2.45) is 5.14 Å². The second-order valence-corrected chi connectivity index (χ2v) is 6.11. The van der Waals surface area contributed by atoms with E-state index < -0.39 is 16.0 Å². The van der Waals surface area contributed by atoms with Crippen LogP contribution < -0.4 is 5.14 Å². The van der Waals surface area contributed by atoms with Gasteiger partial charge in [0.15, 0.2) is 0 Å². The molecule has 1 rings (SSSR count). The summed E-state index contributed by atoms with van der Waals surface area (Å²) in [5.41, 5.74) is 0. The van der Waals surface area contributed by atoms with Crippen molar-refractivity contribution in [3.8, 4) is 0 Å². The van der Waals surface area contributed by atoms with Crippen LogP contribution in [0.4, 0.5) is 0 Å². The van der Waals surface area contributed by atoms with Crippen LogP contribution in [0.3, 0.4) is 0 Å². The minimum atomic E-state index is -3.69. The number of rotatable bonds is 6. The standard InChI is InChI=1S/C9H13NO5S2/c1-14-4-5-15-8(11)6-7-2-3-9(16-7)17(10,12)13/h2-3H,4-6H2,1H3,(H2,10,12,13). The van der Waals surface area contributed by atoms with Crippen molar-refractivity contribution in [3.63, 3.8) is 0 Å². The van der Waals surface area contributed by atoms with E-state index >= 15 is 0 Å². The average molecular weight is 279 g/mol. The number of sulfonamides is 1. The van der Waals surface area contributed by atoms with Crippen molar-refractivity contribution in [3.05, 3.63) is 17.0 Å². The van der Waals surface area contributed by atoms with E-state index in [9.17, 15) is 13.2 Å². The van der Waals surface area contributed by atoms with E-state index in [-0.39, 0.29) is 17.2 Å². The second kappa shape index (κ2) is 6.10. The van der Waals surface area contributed by atoms with Gasteiger partial charge in [-0.15, -0.1) is 11.3 Å². The summed E-state index contributed by atoms with van der Waals surface area (Å²) in [4.78, 5) is 11.9. The first-order chi connectivity index (χ1) is 7.93. The lowest BCUT2D eigenvalue weighted by Gasteiger charge is -2.02. The number of nitrogens with two attached hydrogens (primary N) is 1. The van der Waals surface area contributed by atoms with Crippen LogP contribution in [0.2, 0.25) is 0 Å². The van der Waals surface area contributed by atoms with Crippen LogP contribution in [0.1, 0.15) is 4.88 Å². The molecule has 0 atom stereocenters. The zero-order chi connectivity index (χ0) is 12.9. The number of methoxy groups -OCH3 is 1. The molecule has 0 fully saturated rings. The molecule has 0 saturated carbocycles. The third-order valence-corrected chi connectivity index (χ3v) is 4.31. The largest absolute Gasteiger partial charge is 0.463 e. The molecule has 0 radical (unpaired) electrons. The lowest BCUT2D eigenvalue weighted by atomic mass is 10.3. The maximum atomic E-state index is 11.3. The van der Waals surface area contributed by atoms with Crippen LogP contribution in [0, 0.1) is 0 Å². The molecule has 0 unspecified atom stereocenters. The molecule has 1 aromatic heterocycles. The summed E-state index contributed by atoms with van der Waals surface area (Å²) in [5, 5.41) is 4.95. The first kappa shape index (κ1) is 14.1. The molecule has 2 N–H and O–H groups in total. The number of primary sulfonamides is 1. The summed E-state index contributed by atoms with van der Waals surface area (Å²) in [7, 11) is -2.19. The number of hydrogen-bond acceptors (Lipinski definition) is 6. The predicted octanol–water partition coefficient (Wildman–Crippen LogP) is 0.128. The Morgan fingerprint density at radius 1 is 1.41 bits per heavy atom. The normalized spacial score (nSPS) is 11.4. The fourth-order valence-corrected chi connectivity index (χ4v) is 2.80. The van der Waals surface area contributed by atoms with Crippen molar-refractivity contribution in [1.29, 1.82) is 0 Å². The molecule has 6 nitrogen and oxygen atoms in total. The van der Waals surface area contributed by atoms with Crippen LogP contribution in [-0.4, -0.2) is 34.7 Å². The van der Waals surface area contributed by atoms with Crippen molar-refractivity contribution in [2.45, 2.75) is 10.6 Å². The summed E-state index contributed by atoms with van der Waals surface area (Å²) < 4.78 is 31.6. The highest BCUT2D eigenvalue weighted by Gasteiger charge is 2.13. The molecule has 96 valence electrons. The van der Waals surface area contributed by atoms with Gasteiger partial charge < -0.3 is 9.47 Å². The van der Waals surface area contributed by atoms with Crippen LogP contribution in [0.15, 0.2) is 16.3 Å². The molecule has 1 aromatic rings. The van der Waals surface area contributed by atoms with Crippen molar-refractivity contribution in [1.82, 2.24) is 0 Å². The Hall–Kier alpha value is -0.960. The highest BCUT2D eigenvalue weighted by Crippen LogP contribution is 2.20. The summed E-state index contributed by atoms with van der Waals surface area (Å²) in [6.45, 7) is 0.515. The van der Waals surface area contributed by atoms with Gasteiger partial charge in [0.2, 0.25) is 10.0 Å². The van der Waals surface area contributed by atoms with Gasteiger partial charge >= 0.3 is 5.97 Å². The zero-order valence-electron chi connectivity index (χ0n) is 9.21. The van der Waals surface area contributed by atoms with E-state index in [1.54, 1.807) is 6.07 Å². The Balaban J connectivity index is 2.52. The molecular weight excluding hydrogens is 266 g/mol. The smallest absolute Gasteiger partial charge is 0.311 e. The topological polar surface area (TPSA) is 95.7 Å². The molecule has 1 heterocycles. The molecule has 0 aliphatic rings. The van der Waals surface area contributed by atoms with E-state index in [2.05, 4.69) is 0 Å². The van der Waals surface area contributed by atoms with E-state index in [0.29, 0.717) is 11.5 Å². The molecule has 0 aliphatic heterocycles. The van der Waals surface area contributed by atoms with Crippen molar-refractivity contribution in [2.75, 3.05) is 20.3 Å². The number of esters is 1. The highest BCUT2D eigenvalue weighted by molar-refractivity contribution is 7.91. The van der Waals surface area contributed by atoms with Gasteiger partial charge in [-0.05, 0) is 12.1 Å². The summed E-state index contributed by atoms with van der Waals surface area (Å²) in [6, 6.07) is 2.92. The van der Waals surface area contributed by atoms with Crippen LogP contribution >= 0.6 is 11.3 Å². The lowest BCUT2D eigenvalue weighted by Crippen LogP contribution is -2.11. The van der Waals surface area contributed by atoms with Gasteiger partial charge in [-0.1, -0.05) is 0 Å². The highest BCUT2D eigenvalue weighted by atomic mass is 32.2. The van der Waals surface area contributed by atoms with Crippen LogP contribution in [0.25, 0.3) is 0 Å². The maximum Gasteiger partial charge on any atom is 0.311 e. The zero-order valence-corrected chi connectivity index (χ0v) is 10.8. The Labute approximate surface area is 103 Å². The first-order valence-corrected chi connectivity index (χ1v) is 7.06. The Kier molecular flexibility index (Phi) is 5.06. The quantitative estimate of drug-likeness (QED) is 0.589. The monoisotopic (exact) mass is 279 g/mol. The lowest BCUT2D eigenvalue weighted by molar-refractivity contribution is -0.144. The van der Waals surface area contributed by atoms with Gasteiger partial charge in [-0.2, -0.15) is 0 Å². The molecule has 0 bridgehead atoms. The summed E-state index contributed by atoms with van der Waals surface area (Å²) in [5.74, 6) is -0.426. The third-order valence-electron chi connectivity index (χ3n) is 1.79. The van der Waals surface area contributed by atoms with E-state index in [1.165, 1.54) is 13.2 Å². The number of ether oxygens (including phenoxy) is 2. The second-order valence-electron chi connectivity index (χ2n) is 3.16. The molecule has 0 spiro atoms. The Morgan fingerprint density at radius 3 is 2.65 bits per heavy atom. The fourth-order valence-electron chi connectivity index (χ4n) is 1.04. The molecule has 0 saturated heterocycles. The number of carbonyl (C=O) groups is 1. The van der Waals surface area contributed by atoms with Crippen LogP contribution in [0.5, 0.6) is 0 Å². The molecule has 17 heavy (non-hydrogen) atoms. The minimum Gasteiger partial charge on any atom is -0.463 e. The van der Waals surface area contributed by atoms with Gasteiger partial charge in [0.05, 0.1) is 13.0 Å². The fraction of sp³-hybridized carbons (Fsp3) is 0.444. The molecule has 0 aliphatic carbocycles. The maximum absolute atomic E-state index is 11.3. The Bertz CT molecular complexity index is 479. The number of hydrogen-bond donors (Lipinski definition) is 1. The van der Waals surface area contributed by atoms with Gasteiger partial charge in [0.25, 0.3) is 0 Å². The molecular formula is C9H13NO5S2. The summed E-state index contributed by atoms with van der Waals surface area (Å²) in [6.07, 6.45) is 0.0316. The number of thiophene rings is 1. The van der Waals surface area contributed by atoms with Gasteiger partial charge in [0.1, 0.15) is 10.8 Å². The van der Waals surface area contributed by atoms with E-state index in [0.717, 1.165) is 11.3 Å². The van der Waals surface area contributed by atoms with Crippen molar-refractivity contribution < 1.29 is 22.7 Å². The minimum absolute atomic E-state index is 0.0316. The van der Waals surface area contributed by atoms with Gasteiger partial charge in [-0.25, -0.2) is 13.6 Å². The van der Waals surface area contributed by atoms with E-state index in [1.807, 2.05) is 0 Å². The third kappa shape index (κ3) is 4.82. The predicted molar refractivity (Wildman–Crippen MR) is 62.2 cm³/mol. The molecule has 0 aromatic carbocycles. The van der Waals surface area contributed by atoms with Crippen molar-refractivity contribution >= 4 is 27.3 Å². The van der Waals surface area contributed by atoms with Gasteiger partial charge in [0, 0.05) is 12.0 Å². The molecule has 0 amide bonds. The first-order valence-electron chi connectivity index (χ1n) is 4.69. The number of carbonyl (C=O) groups excluding carboxylic acids is 1. The Morgan fingerprint density at radius 2 is 2.12 bits per heavy atom. The van der Waals surface area contributed by atoms with Crippen LogP contribution in [-0.2, 0) is 30.7 Å². The average Bonchev–Trinajstić information content (AvgIpc) is 2.66. The van der Waals surface area contributed by atoms with Gasteiger partial charge in [-0.3, -0.25) is 4.79 Å². The summed E-state index contributed by atoms with van der Waals surface area (Å²) >= 11 is 0.962. The SMILES string of the molecule is COCCOC(=O)Cc1ccc(S(N)(=O)=O)s1. The van der Waals surface area contributed by atoms with E-state index in [4.69, 9.17) is 14.6 Å². The molecule has 8 heteroatoms.